The third kappa shape index (κ3) is 2.86. The van der Waals surface area contributed by atoms with Crippen LogP contribution in [-0.2, 0) is 9.59 Å². The van der Waals surface area contributed by atoms with Crippen molar-refractivity contribution in [2.45, 2.75) is 12.5 Å². The Kier molecular flexibility index (Phi) is 4.41. The summed E-state index contributed by atoms with van der Waals surface area (Å²) < 4.78 is 0. The number of nitrogens with one attached hydrogen (secondary N) is 2. The molecule has 0 aromatic heterocycles. The van der Waals surface area contributed by atoms with Crippen molar-refractivity contribution in [2.75, 3.05) is 38.1 Å². The van der Waals surface area contributed by atoms with Gasteiger partial charge in [0.25, 0.3) is 5.91 Å². The molecule has 0 bridgehead atoms. The van der Waals surface area contributed by atoms with E-state index in [-0.39, 0.29) is 24.3 Å². The zero-order valence-corrected chi connectivity index (χ0v) is 13.9. The average Bonchev–Trinajstić information content (AvgIpc) is 2.78. The Morgan fingerprint density at radius 1 is 1.09 bits per heavy atom. The first-order valence-corrected chi connectivity index (χ1v) is 8.20. The van der Waals surface area contributed by atoms with Crippen LogP contribution in [0.5, 0.6) is 0 Å². The van der Waals surface area contributed by atoms with Gasteiger partial charge in [0, 0.05) is 0 Å². The summed E-state index contributed by atoms with van der Waals surface area (Å²) in [5, 5.41) is 0.757. The molecule has 118 valence electrons. The molecule has 3 rings (SSSR count). The zero-order chi connectivity index (χ0) is 15.9. The molecule has 22 heavy (non-hydrogen) atoms. The van der Waals surface area contributed by atoms with Crippen LogP contribution in [0.4, 0.5) is 5.69 Å². The second kappa shape index (κ2) is 6.16. The van der Waals surface area contributed by atoms with Crippen LogP contribution in [-0.4, -0.2) is 51.1 Å². The van der Waals surface area contributed by atoms with Crippen LogP contribution >= 0.6 is 23.2 Å². The molecule has 2 amide bonds. The molecule has 0 aliphatic carbocycles. The van der Waals surface area contributed by atoms with Crippen LogP contribution in [0.3, 0.4) is 0 Å². The molecule has 2 saturated heterocycles. The summed E-state index contributed by atoms with van der Waals surface area (Å²) in [4.78, 5) is 28.9. The first-order chi connectivity index (χ1) is 10.5. The Morgan fingerprint density at radius 3 is 2.41 bits per heavy atom. The lowest BCUT2D eigenvalue weighted by Gasteiger charge is -2.30. The van der Waals surface area contributed by atoms with Gasteiger partial charge in [-0.15, -0.1) is 0 Å². The molecule has 2 heterocycles. The molecule has 7 heteroatoms. The fourth-order valence-electron chi connectivity index (χ4n) is 3.19. The van der Waals surface area contributed by atoms with E-state index in [4.69, 9.17) is 23.2 Å². The van der Waals surface area contributed by atoms with Crippen molar-refractivity contribution < 1.29 is 19.4 Å². The molecule has 0 spiro atoms. The number of carbonyl (C=O) groups excluding carboxylic acids is 2. The predicted molar refractivity (Wildman–Crippen MR) is 84.7 cm³/mol. The lowest BCUT2D eigenvalue weighted by atomic mass is 10.2. The first kappa shape index (κ1) is 15.7. The third-order valence-corrected chi connectivity index (χ3v) is 5.29. The maximum atomic E-state index is 12.7. The number of quaternary nitrogens is 2. The molecule has 2 N–H and O–H groups in total. The van der Waals surface area contributed by atoms with Crippen molar-refractivity contribution in [3.63, 3.8) is 0 Å². The minimum absolute atomic E-state index is 0.127. The van der Waals surface area contributed by atoms with Crippen LogP contribution in [0.25, 0.3) is 0 Å². The van der Waals surface area contributed by atoms with Gasteiger partial charge in [0.15, 0.2) is 6.04 Å². The number of likely N-dealkylation sites (N-methyl/N-ethyl adjacent to an activating group) is 1. The molecule has 5 nitrogen and oxygen atoms in total. The highest BCUT2D eigenvalue weighted by Crippen LogP contribution is 2.29. The molecule has 2 aliphatic heterocycles. The number of imide groups is 1. The number of anilines is 1. The number of carbonyl (C=O) groups is 2. The van der Waals surface area contributed by atoms with E-state index in [1.54, 1.807) is 18.2 Å². The summed E-state index contributed by atoms with van der Waals surface area (Å²) in [5.74, 6) is -0.287. The highest BCUT2D eigenvalue weighted by molar-refractivity contribution is 6.42. The Labute approximate surface area is 139 Å². The molecule has 1 unspecified atom stereocenters. The second-order valence-corrected chi connectivity index (χ2v) is 6.85. The maximum absolute atomic E-state index is 12.7. The van der Waals surface area contributed by atoms with Crippen LogP contribution in [0, 0.1) is 0 Å². The van der Waals surface area contributed by atoms with Gasteiger partial charge < -0.3 is 9.80 Å². The molecule has 0 saturated carbocycles. The SMILES string of the molecule is C[NH+]1CC[NH+](C2CC(=O)N(c3ccc(Cl)c(Cl)c3)C2=O)CC1. The number of halogens is 2. The molecule has 2 aliphatic rings. The third-order valence-electron chi connectivity index (χ3n) is 4.55. The van der Waals surface area contributed by atoms with Crippen molar-refractivity contribution in [3.8, 4) is 0 Å². The fourth-order valence-corrected chi connectivity index (χ4v) is 3.48. The Hall–Kier alpha value is -1.14. The van der Waals surface area contributed by atoms with Gasteiger partial charge in [0.2, 0.25) is 5.91 Å². The number of benzene rings is 1. The van der Waals surface area contributed by atoms with Gasteiger partial charge in [-0.05, 0) is 18.2 Å². The Morgan fingerprint density at radius 2 is 1.77 bits per heavy atom. The number of piperazine rings is 1. The highest BCUT2D eigenvalue weighted by atomic mass is 35.5. The van der Waals surface area contributed by atoms with Gasteiger partial charge in [-0.3, -0.25) is 9.59 Å². The van der Waals surface area contributed by atoms with Gasteiger partial charge in [-0.25, -0.2) is 4.90 Å². The van der Waals surface area contributed by atoms with Gasteiger partial charge >= 0.3 is 0 Å². The van der Waals surface area contributed by atoms with Gasteiger partial charge in [-0.2, -0.15) is 0 Å². The number of nitrogens with zero attached hydrogens (tertiary/aromatic N) is 1. The summed E-state index contributed by atoms with van der Waals surface area (Å²) >= 11 is 11.9. The Balaban J connectivity index is 1.80. The van der Waals surface area contributed by atoms with Crippen molar-refractivity contribution in [3.05, 3.63) is 28.2 Å². The number of hydrogen-bond donors (Lipinski definition) is 2. The smallest absolute Gasteiger partial charge is 0.292 e. The molecular weight excluding hydrogens is 325 g/mol. The van der Waals surface area contributed by atoms with Crippen LogP contribution in [0.15, 0.2) is 18.2 Å². The standard InChI is InChI=1S/C15H17Cl2N3O2/c1-18-4-6-19(7-5-18)13-9-14(21)20(15(13)22)10-2-3-11(16)12(17)8-10/h2-3,8,13H,4-7,9H2,1H3/p+2. The Bertz CT molecular complexity index is 615. The molecule has 1 atom stereocenters. The summed E-state index contributed by atoms with van der Waals surface area (Å²) in [6.45, 7) is 3.90. The molecule has 2 fully saturated rings. The first-order valence-electron chi connectivity index (χ1n) is 7.45. The summed E-state index contributed by atoms with van der Waals surface area (Å²) in [7, 11) is 2.15. The molecular formula is C15H19Cl2N3O2+2. The van der Waals surface area contributed by atoms with Crippen LogP contribution in [0.1, 0.15) is 6.42 Å². The van der Waals surface area contributed by atoms with E-state index in [0.29, 0.717) is 15.7 Å². The van der Waals surface area contributed by atoms with Gasteiger partial charge in [-0.1, -0.05) is 23.2 Å². The highest BCUT2D eigenvalue weighted by Gasteiger charge is 2.46. The normalized spacial score (nSPS) is 29.2. The lowest BCUT2D eigenvalue weighted by molar-refractivity contribution is -1.01. The van der Waals surface area contributed by atoms with Crippen LogP contribution < -0.4 is 14.7 Å². The number of rotatable bonds is 2. The van der Waals surface area contributed by atoms with E-state index in [9.17, 15) is 9.59 Å². The second-order valence-electron chi connectivity index (χ2n) is 6.04. The van der Waals surface area contributed by atoms with Crippen LogP contribution in [0.2, 0.25) is 10.0 Å². The van der Waals surface area contributed by atoms with E-state index in [1.165, 1.54) is 14.7 Å². The quantitative estimate of drug-likeness (QED) is 0.679. The summed E-state index contributed by atoms with van der Waals surface area (Å²) in [6.07, 6.45) is 0.271. The van der Waals surface area contributed by atoms with Crippen molar-refractivity contribution in [1.82, 2.24) is 0 Å². The molecule has 1 aromatic rings. The van der Waals surface area contributed by atoms with Gasteiger partial charge in [0.1, 0.15) is 26.2 Å². The fraction of sp³-hybridized carbons (Fsp3) is 0.467. The van der Waals surface area contributed by atoms with Crippen molar-refractivity contribution in [2.24, 2.45) is 0 Å². The van der Waals surface area contributed by atoms with Crippen molar-refractivity contribution >= 4 is 40.7 Å². The van der Waals surface area contributed by atoms with E-state index in [2.05, 4.69) is 7.05 Å². The topological polar surface area (TPSA) is 46.3 Å². The largest absolute Gasteiger partial charge is 0.328 e. The lowest BCUT2D eigenvalue weighted by Crippen LogP contribution is -3.29. The van der Waals surface area contributed by atoms with E-state index >= 15 is 0 Å². The average molecular weight is 344 g/mol. The maximum Gasteiger partial charge on any atom is 0.292 e. The van der Waals surface area contributed by atoms with E-state index < -0.39 is 0 Å². The minimum Gasteiger partial charge on any atom is -0.328 e. The van der Waals surface area contributed by atoms with Crippen molar-refractivity contribution in [1.29, 1.82) is 0 Å². The number of hydrogen-bond acceptors (Lipinski definition) is 2. The molecule has 1 aromatic carbocycles. The summed E-state index contributed by atoms with van der Waals surface area (Å²) in [5.41, 5.74) is 0.506. The van der Waals surface area contributed by atoms with E-state index in [0.717, 1.165) is 26.2 Å². The van der Waals surface area contributed by atoms with E-state index in [1.807, 2.05) is 0 Å². The number of amides is 2. The minimum atomic E-state index is -0.268. The summed E-state index contributed by atoms with van der Waals surface area (Å²) in [6, 6.07) is 4.58. The monoisotopic (exact) mass is 343 g/mol. The molecule has 0 radical (unpaired) electrons. The zero-order valence-electron chi connectivity index (χ0n) is 12.4. The predicted octanol–water partition coefficient (Wildman–Crippen LogP) is -0.961. The van der Waals surface area contributed by atoms with Gasteiger partial charge in [0.05, 0.1) is 29.2 Å².